The molecule has 0 fully saturated rings. The van der Waals surface area contributed by atoms with Crippen LogP contribution in [0.4, 0.5) is 17.1 Å². The van der Waals surface area contributed by atoms with Gasteiger partial charge in [-0.15, -0.1) is 0 Å². The summed E-state index contributed by atoms with van der Waals surface area (Å²) >= 11 is 0. The molecule has 1 aliphatic carbocycles. The molecule has 0 unspecified atom stereocenters. The van der Waals surface area contributed by atoms with Gasteiger partial charge in [0.15, 0.2) is 5.58 Å². The van der Waals surface area contributed by atoms with Crippen molar-refractivity contribution >= 4 is 71.7 Å². The molecule has 11 aromatic carbocycles. The smallest absolute Gasteiger partial charge is 0.159 e. The Bertz CT molecular complexity index is 4030. The van der Waals surface area contributed by atoms with E-state index < -0.39 is 5.41 Å². The van der Waals surface area contributed by atoms with Crippen LogP contribution in [-0.2, 0) is 5.41 Å². The Morgan fingerprint density at radius 2 is 0.838 bits per heavy atom. The Hall–Kier alpha value is -8.92. The average Bonchev–Trinajstić information content (AvgIpc) is 4.09. The van der Waals surface area contributed by atoms with Gasteiger partial charge in [-0.3, -0.25) is 0 Å². The predicted octanol–water partition coefficient (Wildman–Crippen LogP) is 17.8. The zero-order valence-corrected chi connectivity index (χ0v) is 36.9. The summed E-state index contributed by atoms with van der Waals surface area (Å²) in [6, 6.07) is 89.9. The van der Waals surface area contributed by atoms with Gasteiger partial charge in [-0.25, -0.2) is 0 Å². The molecule has 0 saturated carbocycles. The summed E-state index contributed by atoms with van der Waals surface area (Å²) in [5.41, 5.74) is 18.2. The van der Waals surface area contributed by atoms with E-state index in [1.165, 1.54) is 38.9 Å². The lowest BCUT2D eigenvalue weighted by Gasteiger charge is -2.34. The minimum Gasteiger partial charge on any atom is -0.455 e. The Morgan fingerprint density at radius 1 is 0.309 bits per heavy atom. The van der Waals surface area contributed by atoms with Crippen LogP contribution >= 0.6 is 0 Å². The van der Waals surface area contributed by atoms with Gasteiger partial charge in [-0.1, -0.05) is 206 Å². The third-order valence-electron chi connectivity index (χ3n) is 14.4. The van der Waals surface area contributed by atoms with E-state index in [4.69, 9.17) is 8.83 Å². The second-order valence-electron chi connectivity index (χ2n) is 17.9. The third-order valence-corrected chi connectivity index (χ3v) is 14.4. The summed E-state index contributed by atoms with van der Waals surface area (Å²) in [6.07, 6.45) is 0. The summed E-state index contributed by atoms with van der Waals surface area (Å²) in [5.74, 6) is 0. The molecule has 0 amide bonds. The van der Waals surface area contributed by atoms with Crippen LogP contribution in [0.25, 0.3) is 88.0 Å². The molecular weight excluding hydrogens is 827 g/mol. The van der Waals surface area contributed by atoms with Crippen molar-refractivity contribution < 1.29 is 8.83 Å². The first-order valence-corrected chi connectivity index (χ1v) is 23.3. The number of nitrogens with zero attached hydrogens (tertiary/aromatic N) is 1. The lowest BCUT2D eigenvalue weighted by atomic mass is 9.67. The molecule has 0 spiro atoms. The van der Waals surface area contributed by atoms with Crippen molar-refractivity contribution in [2.45, 2.75) is 5.41 Å². The van der Waals surface area contributed by atoms with Crippen LogP contribution in [0.2, 0.25) is 0 Å². The Balaban J connectivity index is 0.939. The lowest BCUT2D eigenvalue weighted by Crippen LogP contribution is -2.28. The molecule has 2 aromatic heterocycles. The van der Waals surface area contributed by atoms with E-state index >= 15 is 0 Å². The number of hydrogen-bond acceptors (Lipinski definition) is 3. The average molecular weight is 868 g/mol. The van der Waals surface area contributed by atoms with Crippen molar-refractivity contribution in [3.63, 3.8) is 0 Å². The fourth-order valence-electron chi connectivity index (χ4n) is 11.4. The first-order valence-electron chi connectivity index (χ1n) is 23.3. The van der Waals surface area contributed by atoms with Gasteiger partial charge in [0.2, 0.25) is 0 Å². The van der Waals surface area contributed by atoms with E-state index in [2.05, 4.69) is 241 Å². The van der Waals surface area contributed by atoms with Gasteiger partial charge >= 0.3 is 0 Å². The molecule has 2 heterocycles. The van der Waals surface area contributed by atoms with Crippen LogP contribution in [0.15, 0.2) is 258 Å². The van der Waals surface area contributed by atoms with Crippen molar-refractivity contribution in [2.75, 3.05) is 4.90 Å². The van der Waals surface area contributed by atoms with Gasteiger partial charge in [-0.05, 0) is 97.9 Å². The molecule has 0 radical (unpaired) electrons. The van der Waals surface area contributed by atoms with Crippen LogP contribution in [0, 0.1) is 0 Å². The van der Waals surface area contributed by atoms with Crippen LogP contribution in [-0.4, -0.2) is 0 Å². The van der Waals surface area contributed by atoms with Crippen molar-refractivity contribution in [1.82, 2.24) is 0 Å². The van der Waals surface area contributed by atoms with E-state index in [-0.39, 0.29) is 0 Å². The lowest BCUT2D eigenvalue weighted by molar-refractivity contribution is 0.670. The molecule has 0 atom stereocenters. The summed E-state index contributed by atoms with van der Waals surface area (Å²) in [6.45, 7) is 0. The van der Waals surface area contributed by atoms with E-state index in [0.717, 1.165) is 88.4 Å². The van der Waals surface area contributed by atoms with Crippen molar-refractivity contribution in [2.24, 2.45) is 0 Å². The molecule has 3 heteroatoms. The maximum atomic E-state index is 7.01. The molecule has 1 aliphatic rings. The van der Waals surface area contributed by atoms with Crippen LogP contribution in [0.1, 0.15) is 22.3 Å². The highest BCUT2D eigenvalue weighted by atomic mass is 16.3. The zero-order valence-electron chi connectivity index (χ0n) is 36.9. The third kappa shape index (κ3) is 5.60. The number of anilines is 3. The second kappa shape index (κ2) is 15.1. The first kappa shape index (κ1) is 38.4. The largest absolute Gasteiger partial charge is 0.455 e. The van der Waals surface area contributed by atoms with Crippen LogP contribution in [0.3, 0.4) is 0 Å². The summed E-state index contributed by atoms with van der Waals surface area (Å²) in [4.78, 5) is 2.34. The monoisotopic (exact) mass is 867 g/mol. The van der Waals surface area contributed by atoms with Gasteiger partial charge in [0.1, 0.15) is 16.7 Å². The minimum atomic E-state index is -0.472. The molecule has 0 N–H and O–H groups in total. The van der Waals surface area contributed by atoms with Crippen LogP contribution in [0.5, 0.6) is 0 Å². The standard InChI is InChI=1S/C65H41NO2/c1-3-17-45(18-4-1)65(46-19-5-2-6-20-46)57-28-11-9-23-56(57)61-49(24-14-29-58(61)65)43-32-37-47(38-33-43)66(59-30-15-27-54-55-41-36-42-16-7-8-21-50(42)63(55)68-64(54)59)48-39-34-44(35-40-48)51-25-13-26-53-52-22-10-12-31-60(52)67-62(51)53/h1-41H. The number of rotatable bonds is 7. The Kier molecular flexibility index (Phi) is 8.50. The minimum absolute atomic E-state index is 0.472. The van der Waals surface area contributed by atoms with E-state index in [0.29, 0.717) is 0 Å². The fraction of sp³-hybridized carbons (Fsp3) is 0.0154. The highest BCUT2D eigenvalue weighted by Crippen LogP contribution is 2.58. The number of hydrogen-bond donors (Lipinski definition) is 0. The van der Waals surface area contributed by atoms with Gasteiger partial charge in [0.05, 0.1) is 11.1 Å². The molecular formula is C65H41NO2. The molecule has 318 valence electrons. The quantitative estimate of drug-likeness (QED) is 0.160. The summed E-state index contributed by atoms with van der Waals surface area (Å²) in [7, 11) is 0. The number of benzene rings is 11. The highest BCUT2D eigenvalue weighted by molar-refractivity contribution is 6.17. The highest BCUT2D eigenvalue weighted by Gasteiger charge is 2.46. The van der Waals surface area contributed by atoms with E-state index in [9.17, 15) is 0 Å². The number of fused-ring (bicyclic) bond motifs is 11. The van der Waals surface area contributed by atoms with E-state index in [1.807, 2.05) is 12.1 Å². The molecule has 3 nitrogen and oxygen atoms in total. The summed E-state index contributed by atoms with van der Waals surface area (Å²) in [5, 5.41) is 6.68. The molecule has 0 bridgehead atoms. The fourth-order valence-corrected chi connectivity index (χ4v) is 11.4. The second-order valence-corrected chi connectivity index (χ2v) is 17.9. The van der Waals surface area contributed by atoms with Crippen molar-refractivity contribution in [1.29, 1.82) is 0 Å². The topological polar surface area (TPSA) is 29.5 Å². The van der Waals surface area contributed by atoms with Crippen molar-refractivity contribution in [3.8, 4) is 33.4 Å². The maximum absolute atomic E-state index is 7.01. The molecule has 13 aromatic rings. The Morgan fingerprint density at radius 3 is 1.59 bits per heavy atom. The van der Waals surface area contributed by atoms with Gasteiger partial charge in [-0.2, -0.15) is 0 Å². The number of furan rings is 2. The maximum Gasteiger partial charge on any atom is 0.159 e. The normalized spacial score (nSPS) is 12.8. The predicted molar refractivity (Wildman–Crippen MR) is 281 cm³/mol. The molecule has 0 saturated heterocycles. The van der Waals surface area contributed by atoms with E-state index in [1.54, 1.807) is 0 Å². The SMILES string of the molecule is c1ccc(C2(c3ccccc3)c3ccccc3-c3c(-c4ccc(N(c5ccc(-c6cccc7c6oc6ccccc67)cc5)c5cccc6c5oc5c7ccccc7ccc65)cc4)cccc32)cc1. The van der Waals surface area contributed by atoms with Crippen LogP contribution < -0.4 is 4.90 Å². The molecule has 14 rings (SSSR count). The Labute approximate surface area is 393 Å². The molecule has 68 heavy (non-hydrogen) atoms. The van der Waals surface area contributed by atoms with Gasteiger partial charge < -0.3 is 13.7 Å². The van der Waals surface area contributed by atoms with Crippen molar-refractivity contribution in [3.05, 3.63) is 271 Å². The number of para-hydroxylation sites is 3. The summed E-state index contributed by atoms with van der Waals surface area (Å²) < 4.78 is 13.5. The van der Waals surface area contributed by atoms with Gasteiger partial charge in [0.25, 0.3) is 0 Å². The molecule has 0 aliphatic heterocycles. The zero-order chi connectivity index (χ0) is 44.8. The first-order chi connectivity index (χ1) is 33.7. The van der Waals surface area contributed by atoms with Gasteiger partial charge in [0, 0.05) is 43.9 Å².